The van der Waals surface area contributed by atoms with E-state index in [2.05, 4.69) is 16.7 Å². The predicted octanol–water partition coefficient (Wildman–Crippen LogP) is 2.45. The maximum atomic E-state index is 13.5. The van der Waals surface area contributed by atoms with E-state index in [4.69, 9.17) is 16.9 Å². The fraction of sp³-hybridized carbons (Fsp3) is 0.520. The summed E-state index contributed by atoms with van der Waals surface area (Å²) in [6.45, 7) is 14.1. The Morgan fingerprint density at radius 1 is 1.12 bits per heavy atom. The summed E-state index contributed by atoms with van der Waals surface area (Å²) in [5, 5.41) is 5.20. The number of nitrogens with two attached hydrogens (primary N) is 1. The van der Waals surface area contributed by atoms with E-state index in [1.807, 2.05) is 13.0 Å². The van der Waals surface area contributed by atoms with Crippen molar-refractivity contribution in [1.82, 2.24) is 15.5 Å². The van der Waals surface area contributed by atoms with Gasteiger partial charge in [-0.2, -0.15) is 0 Å². The van der Waals surface area contributed by atoms with E-state index in [9.17, 15) is 19.2 Å². The lowest BCUT2D eigenvalue weighted by Gasteiger charge is -2.33. The smallest absolute Gasteiger partial charge is 0.408 e. The Morgan fingerprint density at radius 2 is 1.71 bits per heavy atom. The number of terminal acetylenes is 1. The van der Waals surface area contributed by atoms with Crippen molar-refractivity contribution in [3.05, 3.63) is 34.9 Å². The second kappa shape index (κ2) is 11.1. The van der Waals surface area contributed by atoms with Gasteiger partial charge in [-0.25, -0.2) is 4.79 Å². The van der Waals surface area contributed by atoms with Crippen LogP contribution in [-0.4, -0.2) is 45.9 Å². The quantitative estimate of drug-likeness (QED) is 0.414. The highest BCUT2D eigenvalue weighted by atomic mass is 16.6. The van der Waals surface area contributed by atoms with Gasteiger partial charge >= 0.3 is 6.09 Å². The highest BCUT2D eigenvalue weighted by Crippen LogP contribution is 2.27. The molecule has 2 unspecified atom stereocenters. The van der Waals surface area contributed by atoms with Crippen molar-refractivity contribution in [2.45, 2.75) is 85.0 Å². The lowest BCUT2D eigenvalue weighted by Crippen LogP contribution is -2.54. The predicted molar refractivity (Wildman–Crippen MR) is 129 cm³/mol. The number of carbonyl (C=O) groups is 4. The SMILES string of the molecule is C#CN(C(=O)C(CC(N)=O)NC(=O)OC(C)(C)C)C(C(=O)NC(C)(C)C)c1ccc(C)cc1C. The average molecular weight is 473 g/mol. The summed E-state index contributed by atoms with van der Waals surface area (Å²) in [5.74, 6) is -2.20. The highest BCUT2D eigenvalue weighted by molar-refractivity contribution is 5.95. The number of ether oxygens (including phenoxy) is 1. The topological polar surface area (TPSA) is 131 Å². The van der Waals surface area contributed by atoms with E-state index in [1.165, 1.54) is 0 Å². The monoisotopic (exact) mass is 472 g/mol. The Kier molecular flexibility index (Phi) is 9.26. The summed E-state index contributed by atoms with van der Waals surface area (Å²) in [7, 11) is 0. The molecule has 2 atom stereocenters. The van der Waals surface area contributed by atoms with Crippen LogP contribution in [-0.2, 0) is 19.1 Å². The maximum absolute atomic E-state index is 13.5. The molecule has 0 heterocycles. The molecule has 0 aliphatic heterocycles. The number of alkyl carbamates (subject to hydrolysis) is 1. The van der Waals surface area contributed by atoms with E-state index >= 15 is 0 Å². The highest BCUT2D eigenvalue weighted by Gasteiger charge is 2.38. The minimum atomic E-state index is -1.43. The molecule has 0 aromatic heterocycles. The summed E-state index contributed by atoms with van der Waals surface area (Å²) in [4.78, 5) is 51.7. The third-order valence-corrected chi connectivity index (χ3v) is 4.50. The number of nitrogens with zero attached hydrogens (tertiary/aromatic N) is 1. The largest absolute Gasteiger partial charge is 0.444 e. The van der Waals surface area contributed by atoms with Gasteiger partial charge in [-0.15, -0.1) is 0 Å². The number of aryl methyl sites for hydroxylation is 2. The number of rotatable bonds is 7. The maximum Gasteiger partial charge on any atom is 0.408 e. The standard InChI is InChI=1S/C25H36N4O5/c1-10-29(22(32)18(14-19(26)30)27-23(33)34-25(7,8)9)20(21(31)28-24(4,5)6)17-12-11-15(2)13-16(17)3/h1,11-13,18,20H,14H2,2-9H3,(H2,26,30)(H,27,33)(H,28,31). The fourth-order valence-electron chi connectivity index (χ4n) is 3.25. The van der Waals surface area contributed by atoms with Crippen molar-refractivity contribution in [2.24, 2.45) is 5.73 Å². The van der Waals surface area contributed by atoms with Crippen LogP contribution in [0.4, 0.5) is 4.79 Å². The van der Waals surface area contributed by atoms with Crippen LogP contribution >= 0.6 is 0 Å². The zero-order valence-corrected chi connectivity index (χ0v) is 21.2. The average Bonchev–Trinajstić information content (AvgIpc) is 2.62. The molecule has 0 aliphatic rings. The van der Waals surface area contributed by atoms with E-state index in [0.717, 1.165) is 16.0 Å². The number of hydrogen-bond acceptors (Lipinski definition) is 5. The Balaban J connectivity index is 3.49. The number of carbonyl (C=O) groups excluding carboxylic acids is 4. The van der Waals surface area contributed by atoms with Gasteiger partial charge in [-0.3, -0.25) is 19.3 Å². The van der Waals surface area contributed by atoms with Gasteiger partial charge < -0.3 is 21.1 Å². The zero-order valence-electron chi connectivity index (χ0n) is 21.2. The molecule has 0 fully saturated rings. The molecule has 186 valence electrons. The number of primary amides is 1. The molecule has 1 aromatic carbocycles. The van der Waals surface area contributed by atoms with Crippen molar-refractivity contribution in [3.63, 3.8) is 0 Å². The van der Waals surface area contributed by atoms with Crippen molar-refractivity contribution in [1.29, 1.82) is 0 Å². The van der Waals surface area contributed by atoms with E-state index in [0.29, 0.717) is 5.56 Å². The summed E-state index contributed by atoms with van der Waals surface area (Å²) in [6, 6.07) is 5.01. The van der Waals surface area contributed by atoms with Crippen molar-refractivity contribution < 1.29 is 23.9 Å². The molecule has 0 bridgehead atoms. The second-order valence-corrected chi connectivity index (χ2v) is 10.2. The van der Waals surface area contributed by atoms with Gasteiger partial charge in [0.25, 0.3) is 5.91 Å². The van der Waals surface area contributed by atoms with Crippen LogP contribution in [0.5, 0.6) is 0 Å². The van der Waals surface area contributed by atoms with Crippen LogP contribution in [0, 0.1) is 26.3 Å². The molecule has 0 saturated carbocycles. The minimum Gasteiger partial charge on any atom is -0.444 e. The Hall–Kier alpha value is -3.54. The van der Waals surface area contributed by atoms with Gasteiger partial charge in [0.05, 0.1) is 6.42 Å². The van der Waals surface area contributed by atoms with Crippen LogP contribution in [0.15, 0.2) is 18.2 Å². The number of nitrogens with one attached hydrogen (secondary N) is 2. The molecule has 0 radical (unpaired) electrons. The molecule has 4 N–H and O–H groups in total. The van der Waals surface area contributed by atoms with Crippen LogP contribution < -0.4 is 16.4 Å². The summed E-state index contributed by atoms with van der Waals surface area (Å²) < 4.78 is 5.20. The van der Waals surface area contributed by atoms with Gasteiger partial charge in [0.2, 0.25) is 11.8 Å². The summed E-state index contributed by atoms with van der Waals surface area (Å²) >= 11 is 0. The Bertz CT molecular complexity index is 982. The zero-order chi connectivity index (χ0) is 26.4. The van der Waals surface area contributed by atoms with Crippen LogP contribution in [0.1, 0.15) is 70.7 Å². The molecular formula is C25H36N4O5. The van der Waals surface area contributed by atoms with E-state index in [-0.39, 0.29) is 0 Å². The molecule has 0 aliphatic carbocycles. The molecule has 1 rings (SSSR count). The van der Waals surface area contributed by atoms with E-state index in [1.54, 1.807) is 60.6 Å². The molecule has 0 spiro atoms. The van der Waals surface area contributed by atoms with Gasteiger partial charge in [-0.1, -0.05) is 30.2 Å². The van der Waals surface area contributed by atoms with E-state index < -0.39 is 53.5 Å². The number of benzene rings is 1. The molecule has 0 saturated heterocycles. The van der Waals surface area contributed by atoms with Crippen molar-refractivity contribution in [2.75, 3.05) is 0 Å². The van der Waals surface area contributed by atoms with Gasteiger partial charge in [0.15, 0.2) is 0 Å². The molecule has 9 heteroatoms. The summed E-state index contributed by atoms with van der Waals surface area (Å²) in [5.41, 5.74) is 6.08. The third-order valence-electron chi connectivity index (χ3n) is 4.50. The lowest BCUT2D eigenvalue weighted by molar-refractivity contribution is -0.140. The molecule has 1 aromatic rings. The minimum absolute atomic E-state index is 0.508. The van der Waals surface area contributed by atoms with Crippen molar-refractivity contribution in [3.8, 4) is 12.5 Å². The fourth-order valence-corrected chi connectivity index (χ4v) is 3.25. The lowest BCUT2D eigenvalue weighted by atomic mass is 9.95. The van der Waals surface area contributed by atoms with Gasteiger partial charge in [0.1, 0.15) is 17.7 Å². The van der Waals surface area contributed by atoms with Crippen LogP contribution in [0.25, 0.3) is 0 Å². The Labute approximate surface area is 201 Å². The third kappa shape index (κ3) is 8.77. The van der Waals surface area contributed by atoms with Gasteiger partial charge in [0, 0.05) is 11.6 Å². The molecular weight excluding hydrogens is 436 g/mol. The first-order chi connectivity index (χ1) is 15.4. The first kappa shape index (κ1) is 28.5. The number of amides is 4. The first-order valence-electron chi connectivity index (χ1n) is 10.9. The van der Waals surface area contributed by atoms with Crippen molar-refractivity contribution >= 4 is 23.8 Å². The first-order valence-corrected chi connectivity index (χ1v) is 10.9. The Morgan fingerprint density at radius 3 is 2.15 bits per heavy atom. The summed E-state index contributed by atoms with van der Waals surface area (Å²) in [6.07, 6.45) is 4.25. The normalized spacial score (nSPS) is 13.1. The second-order valence-electron chi connectivity index (χ2n) is 10.2. The van der Waals surface area contributed by atoms with Crippen LogP contribution in [0.2, 0.25) is 0 Å². The number of hydrogen-bond donors (Lipinski definition) is 3. The van der Waals surface area contributed by atoms with Gasteiger partial charge in [-0.05, 0) is 66.5 Å². The molecule has 4 amide bonds. The molecule has 9 nitrogen and oxygen atoms in total. The molecule has 34 heavy (non-hydrogen) atoms. The van der Waals surface area contributed by atoms with Crippen LogP contribution in [0.3, 0.4) is 0 Å².